The number of anilines is 1. The molecule has 1 amide bonds. The van der Waals surface area contributed by atoms with Crippen LogP contribution in [0.2, 0.25) is 0 Å². The molecule has 0 spiro atoms. The Labute approximate surface area is 146 Å². The van der Waals surface area contributed by atoms with Crippen LogP contribution in [0.25, 0.3) is 10.7 Å². The molecule has 0 bridgehead atoms. The first kappa shape index (κ1) is 16.5. The fourth-order valence-corrected chi connectivity index (χ4v) is 3.33. The van der Waals surface area contributed by atoms with Crippen molar-refractivity contribution in [1.29, 1.82) is 0 Å². The number of hydrogen-bond acceptors (Lipinski definition) is 3. The first-order valence-corrected chi connectivity index (χ1v) is 8.83. The summed E-state index contributed by atoms with van der Waals surface area (Å²) in [7, 11) is 2.00. The van der Waals surface area contributed by atoms with Gasteiger partial charge >= 0.3 is 0 Å². The van der Waals surface area contributed by atoms with Crippen LogP contribution in [0.1, 0.15) is 41.5 Å². The third kappa shape index (κ3) is 3.26. The minimum atomic E-state index is -0.180. The van der Waals surface area contributed by atoms with Gasteiger partial charge in [-0.25, -0.2) is 4.98 Å². The molecule has 0 unspecified atom stereocenters. The average Bonchev–Trinajstić information content (AvgIpc) is 3.16. The Morgan fingerprint density at radius 1 is 1.17 bits per heavy atom. The number of carbonyl (C=O) groups excluding carboxylic acids is 1. The van der Waals surface area contributed by atoms with Crippen molar-refractivity contribution in [2.24, 2.45) is 7.05 Å². The van der Waals surface area contributed by atoms with Crippen LogP contribution in [0.3, 0.4) is 0 Å². The van der Waals surface area contributed by atoms with Crippen LogP contribution < -0.4 is 5.32 Å². The van der Waals surface area contributed by atoms with Gasteiger partial charge in [0, 0.05) is 23.8 Å². The van der Waals surface area contributed by atoms with Crippen molar-refractivity contribution in [2.75, 3.05) is 5.32 Å². The summed E-state index contributed by atoms with van der Waals surface area (Å²) in [6.45, 7) is 6.34. The van der Waals surface area contributed by atoms with Crippen LogP contribution in [-0.4, -0.2) is 15.5 Å². The van der Waals surface area contributed by atoms with E-state index in [-0.39, 0.29) is 5.91 Å². The van der Waals surface area contributed by atoms with Crippen molar-refractivity contribution in [3.63, 3.8) is 0 Å². The first-order valence-electron chi connectivity index (χ1n) is 7.95. The van der Waals surface area contributed by atoms with E-state index in [1.54, 1.807) is 5.38 Å². The Kier molecular flexibility index (Phi) is 4.53. The molecule has 0 atom stereocenters. The van der Waals surface area contributed by atoms with Gasteiger partial charge in [-0.3, -0.25) is 4.79 Å². The molecular weight excluding hydrogens is 318 g/mol. The molecule has 0 aliphatic rings. The van der Waals surface area contributed by atoms with Crippen LogP contribution in [-0.2, 0) is 7.05 Å². The van der Waals surface area contributed by atoms with Crippen LogP contribution in [0, 0.1) is 6.92 Å². The normalized spacial score (nSPS) is 11.0. The Morgan fingerprint density at radius 2 is 1.88 bits per heavy atom. The van der Waals surface area contributed by atoms with Gasteiger partial charge in [-0.1, -0.05) is 26.0 Å². The lowest BCUT2D eigenvalue weighted by Gasteiger charge is -2.07. The van der Waals surface area contributed by atoms with Gasteiger partial charge in [0.1, 0.15) is 10.7 Å². The van der Waals surface area contributed by atoms with Crippen molar-refractivity contribution in [3.8, 4) is 10.7 Å². The SMILES string of the molecule is Cc1ccc(-c2nc(C(=O)Nc3ccc(C(C)C)cc3)cs2)n1C. The lowest BCUT2D eigenvalue weighted by Crippen LogP contribution is -2.12. The molecule has 124 valence electrons. The van der Waals surface area contributed by atoms with Gasteiger partial charge in [0.05, 0.1) is 5.69 Å². The molecule has 0 saturated carbocycles. The van der Waals surface area contributed by atoms with Crippen LogP contribution >= 0.6 is 11.3 Å². The predicted molar refractivity (Wildman–Crippen MR) is 99.7 cm³/mol. The number of aryl methyl sites for hydroxylation is 1. The van der Waals surface area contributed by atoms with E-state index in [1.807, 2.05) is 50.4 Å². The van der Waals surface area contributed by atoms with E-state index in [0.29, 0.717) is 11.6 Å². The fraction of sp³-hybridized carbons (Fsp3) is 0.263. The number of carbonyl (C=O) groups is 1. The van der Waals surface area contributed by atoms with Gasteiger partial charge in [0.2, 0.25) is 0 Å². The van der Waals surface area contributed by atoms with E-state index in [9.17, 15) is 4.79 Å². The number of amides is 1. The zero-order valence-electron chi connectivity index (χ0n) is 14.3. The van der Waals surface area contributed by atoms with Crippen molar-refractivity contribution < 1.29 is 4.79 Å². The third-order valence-corrected chi connectivity index (χ3v) is 5.03. The molecule has 4 nitrogen and oxygen atoms in total. The number of aromatic nitrogens is 2. The van der Waals surface area contributed by atoms with Gasteiger partial charge in [-0.15, -0.1) is 11.3 Å². The molecule has 0 radical (unpaired) electrons. The molecule has 5 heteroatoms. The van der Waals surface area contributed by atoms with Crippen molar-refractivity contribution in [2.45, 2.75) is 26.7 Å². The van der Waals surface area contributed by atoms with Crippen molar-refractivity contribution >= 4 is 22.9 Å². The van der Waals surface area contributed by atoms with Crippen molar-refractivity contribution in [3.05, 3.63) is 58.7 Å². The van der Waals surface area contributed by atoms with Crippen LogP contribution in [0.5, 0.6) is 0 Å². The van der Waals surface area contributed by atoms with E-state index >= 15 is 0 Å². The zero-order chi connectivity index (χ0) is 17.3. The number of nitrogens with one attached hydrogen (secondary N) is 1. The van der Waals surface area contributed by atoms with E-state index in [2.05, 4.69) is 28.7 Å². The second-order valence-electron chi connectivity index (χ2n) is 6.19. The molecule has 2 heterocycles. The van der Waals surface area contributed by atoms with Crippen LogP contribution in [0.15, 0.2) is 41.8 Å². The highest BCUT2D eigenvalue weighted by atomic mass is 32.1. The van der Waals surface area contributed by atoms with Crippen LogP contribution in [0.4, 0.5) is 5.69 Å². The lowest BCUT2D eigenvalue weighted by molar-refractivity contribution is 0.102. The lowest BCUT2D eigenvalue weighted by atomic mass is 10.0. The molecular formula is C19H21N3OS. The molecule has 24 heavy (non-hydrogen) atoms. The smallest absolute Gasteiger partial charge is 0.275 e. The summed E-state index contributed by atoms with van der Waals surface area (Å²) in [6, 6.07) is 12.0. The monoisotopic (exact) mass is 339 g/mol. The maximum absolute atomic E-state index is 12.4. The highest BCUT2D eigenvalue weighted by molar-refractivity contribution is 7.13. The zero-order valence-corrected chi connectivity index (χ0v) is 15.1. The molecule has 0 saturated heterocycles. The summed E-state index contributed by atoms with van der Waals surface area (Å²) >= 11 is 1.48. The Morgan fingerprint density at radius 3 is 2.46 bits per heavy atom. The summed E-state index contributed by atoms with van der Waals surface area (Å²) in [6.07, 6.45) is 0. The predicted octanol–water partition coefficient (Wildman–Crippen LogP) is 4.83. The van der Waals surface area contributed by atoms with E-state index < -0.39 is 0 Å². The molecule has 2 aromatic heterocycles. The minimum absolute atomic E-state index is 0.180. The van der Waals surface area contributed by atoms with Gasteiger partial charge in [0.25, 0.3) is 5.91 Å². The van der Waals surface area contributed by atoms with Gasteiger partial charge in [0.15, 0.2) is 0 Å². The molecule has 1 aromatic carbocycles. The number of thiazole rings is 1. The fourth-order valence-electron chi connectivity index (χ4n) is 2.47. The number of nitrogens with zero attached hydrogens (tertiary/aromatic N) is 2. The van der Waals surface area contributed by atoms with Gasteiger partial charge < -0.3 is 9.88 Å². The van der Waals surface area contributed by atoms with Gasteiger partial charge in [-0.2, -0.15) is 0 Å². The maximum atomic E-state index is 12.4. The second kappa shape index (κ2) is 6.61. The summed E-state index contributed by atoms with van der Waals surface area (Å²) in [5, 5.41) is 5.56. The summed E-state index contributed by atoms with van der Waals surface area (Å²) < 4.78 is 2.07. The standard InChI is InChI=1S/C19H21N3OS/c1-12(2)14-6-8-15(9-7-14)20-18(23)16-11-24-19(21-16)17-10-5-13(3)22(17)4/h5-12H,1-4H3,(H,20,23). The molecule has 0 aliphatic carbocycles. The minimum Gasteiger partial charge on any atom is -0.346 e. The van der Waals surface area contributed by atoms with E-state index in [4.69, 9.17) is 0 Å². The van der Waals surface area contributed by atoms with E-state index in [1.165, 1.54) is 16.9 Å². The highest BCUT2D eigenvalue weighted by Crippen LogP contribution is 2.25. The molecule has 0 fully saturated rings. The molecule has 3 rings (SSSR count). The summed E-state index contributed by atoms with van der Waals surface area (Å²) in [5.41, 5.74) is 4.67. The second-order valence-corrected chi connectivity index (χ2v) is 7.05. The number of benzene rings is 1. The van der Waals surface area contributed by atoms with Gasteiger partial charge in [-0.05, 0) is 42.7 Å². The highest BCUT2D eigenvalue weighted by Gasteiger charge is 2.14. The first-order chi connectivity index (χ1) is 11.5. The number of rotatable bonds is 4. The largest absolute Gasteiger partial charge is 0.346 e. The molecule has 1 N–H and O–H groups in total. The summed E-state index contributed by atoms with van der Waals surface area (Å²) in [5.74, 6) is 0.297. The third-order valence-electron chi connectivity index (χ3n) is 4.16. The Bertz CT molecular complexity index is 859. The topological polar surface area (TPSA) is 46.9 Å². The Balaban J connectivity index is 1.75. The maximum Gasteiger partial charge on any atom is 0.275 e. The van der Waals surface area contributed by atoms with Crippen molar-refractivity contribution in [1.82, 2.24) is 9.55 Å². The molecule has 3 aromatic rings. The van der Waals surface area contributed by atoms with E-state index in [0.717, 1.165) is 22.1 Å². The average molecular weight is 339 g/mol. The quantitative estimate of drug-likeness (QED) is 0.740. The number of hydrogen-bond donors (Lipinski definition) is 1. The summed E-state index contributed by atoms with van der Waals surface area (Å²) in [4.78, 5) is 16.9. The molecule has 0 aliphatic heterocycles. The Hall–Kier alpha value is -2.40.